The van der Waals surface area contributed by atoms with Gasteiger partial charge in [-0.3, -0.25) is 0 Å². The van der Waals surface area contributed by atoms with Gasteiger partial charge in [0.25, 0.3) is 6.04 Å². The van der Waals surface area contributed by atoms with Gasteiger partial charge < -0.3 is 0 Å². The summed E-state index contributed by atoms with van der Waals surface area (Å²) in [7, 11) is 0. The molecular weight excluding hydrogens is 214 g/mol. The molecule has 1 aromatic rings. The maximum Gasteiger partial charge on any atom is 0.459 e. The summed E-state index contributed by atoms with van der Waals surface area (Å²) in [6.07, 6.45) is 8.71. The Morgan fingerprint density at radius 1 is 1.00 bits per heavy atom. The molecule has 1 aromatic carbocycles. The van der Waals surface area contributed by atoms with Gasteiger partial charge in [0.15, 0.2) is 0 Å². The normalized spacial score (nSPS) is 21.6. The summed E-state index contributed by atoms with van der Waals surface area (Å²) in [6.45, 7) is 0. The van der Waals surface area contributed by atoms with E-state index < -0.39 is 11.9 Å². The van der Waals surface area contributed by atoms with Crippen molar-refractivity contribution in [2.75, 3.05) is 0 Å². The Kier molecular flexibility index (Phi) is 2.11. The second-order valence-electron chi connectivity index (χ2n) is 4.07. The van der Waals surface area contributed by atoms with Gasteiger partial charge in [-0.2, -0.15) is 0 Å². The Morgan fingerprint density at radius 2 is 1.76 bits per heavy atom. The number of allylic oxidation sites excluding steroid dienone is 1. The van der Waals surface area contributed by atoms with Crippen LogP contribution in [0.1, 0.15) is 0 Å². The first-order valence-electron chi connectivity index (χ1n) is 5.43. The predicted molar refractivity (Wildman–Crippen MR) is 64.3 cm³/mol. The first kappa shape index (κ1) is 9.90. The molecule has 3 rings (SSSR count). The summed E-state index contributed by atoms with van der Waals surface area (Å²) >= 11 is 0. The van der Waals surface area contributed by atoms with E-state index in [4.69, 9.17) is 0 Å². The van der Waals surface area contributed by atoms with Gasteiger partial charge in [-0.05, 0) is 16.5 Å². The van der Waals surface area contributed by atoms with E-state index in [0.717, 1.165) is 16.0 Å². The summed E-state index contributed by atoms with van der Waals surface area (Å²) in [5, 5.41) is 2.04. The highest BCUT2D eigenvalue weighted by atomic mass is 16.3. The molecule has 2 aliphatic rings. The molecule has 1 aliphatic carbocycles. The molecule has 0 saturated heterocycles. The molecule has 3 heteroatoms. The largest absolute Gasteiger partial charge is 0.459 e. The molecule has 3 nitrogen and oxygen atoms in total. The van der Waals surface area contributed by atoms with Crippen LogP contribution in [-0.2, 0) is 4.79 Å². The monoisotopic (exact) mass is 224 g/mol. The first-order valence-corrected chi connectivity index (χ1v) is 5.43. The molecule has 17 heavy (non-hydrogen) atoms. The van der Waals surface area contributed by atoms with E-state index in [2.05, 4.69) is 0 Å². The van der Waals surface area contributed by atoms with Crippen molar-refractivity contribution in [3.8, 4) is 0 Å². The molecule has 1 unspecified atom stereocenters. The lowest BCUT2D eigenvalue weighted by atomic mass is 10.0. The van der Waals surface area contributed by atoms with Gasteiger partial charge in [0.05, 0.1) is 10.8 Å². The minimum absolute atomic E-state index is 0.497. The number of carbonyl (C=O) groups is 1. The smallest absolute Gasteiger partial charge is 0.210 e. The SMILES string of the molecule is O=C1C=CC2=CC=c3ccccc3=CC2[N+]1=O. The van der Waals surface area contributed by atoms with Crippen LogP contribution in [0, 0.1) is 4.91 Å². The van der Waals surface area contributed by atoms with Gasteiger partial charge in [0.1, 0.15) is 0 Å². The van der Waals surface area contributed by atoms with Crippen molar-refractivity contribution in [2.24, 2.45) is 0 Å². The number of carbonyl (C=O) groups excluding carboxylic acids is 1. The highest BCUT2D eigenvalue weighted by Gasteiger charge is 2.35. The van der Waals surface area contributed by atoms with Crippen molar-refractivity contribution in [3.63, 3.8) is 0 Å². The summed E-state index contributed by atoms with van der Waals surface area (Å²) in [4.78, 5) is 23.1. The number of fused-ring (bicyclic) bond motifs is 2. The van der Waals surface area contributed by atoms with Gasteiger partial charge in [0.2, 0.25) is 0 Å². The zero-order valence-electron chi connectivity index (χ0n) is 9.04. The average molecular weight is 224 g/mol. The van der Waals surface area contributed by atoms with Crippen molar-refractivity contribution in [3.05, 3.63) is 63.4 Å². The molecular formula is C14H10NO2+. The lowest BCUT2D eigenvalue weighted by molar-refractivity contribution is -0.478. The zero-order valence-corrected chi connectivity index (χ0v) is 9.04. The fourth-order valence-corrected chi connectivity index (χ4v) is 2.10. The topological polar surface area (TPSA) is 37.1 Å². The van der Waals surface area contributed by atoms with E-state index in [1.54, 1.807) is 6.08 Å². The molecule has 1 amide bonds. The quantitative estimate of drug-likeness (QED) is 0.599. The van der Waals surface area contributed by atoms with Crippen LogP contribution in [0.25, 0.3) is 12.2 Å². The minimum Gasteiger partial charge on any atom is -0.210 e. The fourth-order valence-electron chi connectivity index (χ4n) is 2.10. The van der Waals surface area contributed by atoms with Crippen LogP contribution in [-0.4, -0.2) is 16.7 Å². The van der Waals surface area contributed by atoms with Crippen LogP contribution >= 0.6 is 0 Å². The van der Waals surface area contributed by atoms with Crippen LogP contribution in [0.2, 0.25) is 0 Å². The van der Waals surface area contributed by atoms with Gasteiger partial charge in [-0.1, -0.05) is 36.4 Å². The van der Waals surface area contributed by atoms with E-state index in [1.165, 1.54) is 6.08 Å². The number of nitrogens with zero attached hydrogens (tertiary/aromatic N) is 1. The molecule has 0 N–H and O–H groups in total. The third kappa shape index (κ3) is 1.56. The molecule has 1 heterocycles. The number of benzene rings is 1. The Hall–Kier alpha value is -2.29. The minimum atomic E-state index is -0.507. The summed E-state index contributed by atoms with van der Waals surface area (Å²) in [5.41, 5.74) is 0.843. The summed E-state index contributed by atoms with van der Waals surface area (Å²) in [6, 6.07) is 7.30. The van der Waals surface area contributed by atoms with E-state index >= 15 is 0 Å². The molecule has 1 atom stereocenters. The van der Waals surface area contributed by atoms with Crippen molar-refractivity contribution in [1.29, 1.82) is 0 Å². The molecule has 0 saturated carbocycles. The zero-order chi connectivity index (χ0) is 11.8. The maximum absolute atomic E-state index is 11.8. The number of hydrogen-bond acceptors (Lipinski definition) is 2. The molecule has 0 radical (unpaired) electrons. The van der Waals surface area contributed by atoms with E-state index in [0.29, 0.717) is 4.76 Å². The maximum atomic E-state index is 11.8. The molecule has 0 aromatic heterocycles. The third-order valence-electron chi connectivity index (χ3n) is 3.02. The van der Waals surface area contributed by atoms with Crippen molar-refractivity contribution in [1.82, 2.24) is 0 Å². The van der Waals surface area contributed by atoms with E-state index in [1.807, 2.05) is 42.5 Å². The Labute approximate surface area is 97.6 Å². The van der Waals surface area contributed by atoms with Crippen LogP contribution in [0.15, 0.2) is 48.1 Å². The lowest BCUT2D eigenvalue weighted by Crippen LogP contribution is -2.34. The fraction of sp³-hybridized carbons (Fsp3) is 0.0714. The van der Waals surface area contributed by atoms with Crippen molar-refractivity contribution in [2.45, 2.75) is 6.04 Å². The number of amides is 1. The van der Waals surface area contributed by atoms with Crippen molar-refractivity contribution >= 4 is 18.1 Å². The molecule has 1 aliphatic heterocycles. The Bertz CT molecular complexity index is 695. The second kappa shape index (κ2) is 3.63. The molecule has 0 bridgehead atoms. The number of hydrogen-bond donors (Lipinski definition) is 0. The Morgan fingerprint density at radius 3 is 2.59 bits per heavy atom. The highest BCUT2D eigenvalue weighted by Crippen LogP contribution is 2.16. The highest BCUT2D eigenvalue weighted by molar-refractivity contribution is 5.83. The average Bonchev–Trinajstić information content (AvgIpc) is 2.54. The summed E-state index contributed by atoms with van der Waals surface area (Å²) < 4.78 is 0.516. The lowest BCUT2D eigenvalue weighted by Gasteiger charge is -2.06. The van der Waals surface area contributed by atoms with Gasteiger partial charge >= 0.3 is 5.91 Å². The number of rotatable bonds is 0. The van der Waals surface area contributed by atoms with Crippen LogP contribution in [0.4, 0.5) is 0 Å². The van der Waals surface area contributed by atoms with Crippen LogP contribution in [0.5, 0.6) is 0 Å². The standard InChI is InChI=1S/C14H10NO2/c16-14-8-7-11-6-5-10-3-1-2-4-12(10)9-13(11)15(14)17/h1-9,13H/q+1. The number of nitroso groups, excluding NO2 is 1. The Balaban J connectivity index is 2.28. The third-order valence-corrected chi connectivity index (χ3v) is 3.02. The van der Waals surface area contributed by atoms with Crippen LogP contribution in [0.3, 0.4) is 0 Å². The molecule has 82 valence electrons. The first-order chi connectivity index (χ1) is 8.25. The van der Waals surface area contributed by atoms with Crippen LogP contribution < -0.4 is 10.4 Å². The van der Waals surface area contributed by atoms with E-state index in [-0.39, 0.29) is 0 Å². The van der Waals surface area contributed by atoms with E-state index in [9.17, 15) is 9.70 Å². The van der Waals surface area contributed by atoms with Gasteiger partial charge in [0, 0.05) is 16.6 Å². The van der Waals surface area contributed by atoms with Gasteiger partial charge in [-0.25, -0.2) is 4.79 Å². The van der Waals surface area contributed by atoms with Crippen molar-refractivity contribution < 1.29 is 9.55 Å². The predicted octanol–water partition coefficient (Wildman–Crippen LogP) is 0.431. The van der Waals surface area contributed by atoms with Gasteiger partial charge in [-0.15, -0.1) is 0 Å². The molecule has 0 spiro atoms. The molecule has 0 fully saturated rings. The second-order valence-corrected chi connectivity index (χ2v) is 4.07. The summed E-state index contributed by atoms with van der Waals surface area (Å²) in [5.74, 6) is -0.497.